The molecule has 0 bridgehead atoms. The second-order valence-corrected chi connectivity index (χ2v) is 8.12. The Hall–Kier alpha value is -1.98. The topological polar surface area (TPSA) is 38.2 Å². The summed E-state index contributed by atoms with van der Waals surface area (Å²) in [5.74, 6) is 3.10. The number of aromatic nitrogens is 2. The van der Waals surface area contributed by atoms with Crippen molar-refractivity contribution in [2.24, 2.45) is 5.92 Å². The molecule has 2 aromatic heterocycles. The highest BCUT2D eigenvalue weighted by molar-refractivity contribution is 7.16. The van der Waals surface area contributed by atoms with E-state index in [4.69, 9.17) is 14.7 Å². The first kappa shape index (κ1) is 16.2. The number of hydrogen-bond donors (Lipinski definition) is 0. The summed E-state index contributed by atoms with van der Waals surface area (Å²) >= 11 is 1.71. The molecule has 0 spiro atoms. The third-order valence-corrected chi connectivity index (χ3v) is 6.65. The van der Waals surface area contributed by atoms with Gasteiger partial charge in [-0.15, -0.1) is 11.3 Å². The summed E-state index contributed by atoms with van der Waals surface area (Å²) in [5.41, 5.74) is 1.42. The Kier molecular flexibility index (Phi) is 4.14. The highest BCUT2D eigenvalue weighted by Gasteiger charge is 2.45. The van der Waals surface area contributed by atoms with E-state index in [9.17, 15) is 0 Å². The Balaban J connectivity index is 1.60. The molecule has 4 nitrogen and oxygen atoms in total. The number of benzene rings is 1. The van der Waals surface area contributed by atoms with Crippen LogP contribution in [-0.4, -0.2) is 35.8 Å². The van der Waals surface area contributed by atoms with E-state index in [1.165, 1.54) is 10.9 Å². The minimum Gasteiger partial charge on any atom is -0.381 e. The van der Waals surface area contributed by atoms with Crippen LogP contribution in [0.2, 0.25) is 0 Å². The predicted molar refractivity (Wildman–Crippen MR) is 106 cm³/mol. The number of rotatable bonds is 3. The van der Waals surface area contributed by atoms with E-state index in [2.05, 4.69) is 53.6 Å². The number of ether oxygens (including phenoxy) is 1. The summed E-state index contributed by atoms with van der Waals surface area (Å²) in [6, 6.07) is 13.6. The van der Waals surface area contributed by atoms with Crippen LogP contribution in [0.4, 0.5) is 5.82 Å². The van der Waals surface area contributed by atoms with Crippen molar-refractivity contribution in [1.29, 1.82) is 0 Å². The van der Waals surface area contributed by atoms with E-state index in [1.807, 2.05) is 0 Å². The second-order valence-electron chi connectivity index (χ2n) is 7.22. The SMILES string of the molecule is CCc1nc(N2C[C@H](c3ccccc3)[C@H]3COCC[C@@H]32)c2ccsc2n1. The van der Waals surface area contributed by atoms with Crippen LogP contribution in [0, 0.1) is 5.92 Å². The number of nitrogens with zero attached hydrogens (tertiary/aromatic N) is 3. The average molecular weight is 366 g/mol. The van der Waals surface area contributed by atoms with Crippen molar-refractivity contribution in [2.45, 2.75) is 31.7 Å². The molecule has 3 aromatic rings. The van der Waals surface area contributed by atoms with Gasteiger partial charge in [-0.25, -0.2) is 9.97 Å². The van der Waals surface area contributed by atoms with Gasteiger partial charge in [0.15, 0.2) is 0 Å². The zero-order chi connectivity index (χ0) is 17.5. The van der Waals surface area contributed by atoms with Gasteiger partial charge in [-0.05, 0) is 23.4 Å². The predicted octanol–water partition coefficient (Wildman–Crippen LogP) is 4.26. The lowest BCUT2D eigenvalue weighted by molar-refractivity contribution is 0.0462. The summed E-state index contributed by atoms with van der Waals surface area (Å²) in [7, 11) is 0. The number of aryl methyl sites for hydroxylation is 1. The Morgan fingerprint density at radius 3 is 2.92 bits per heavy atom. The van der Waals surface area contributed by atoms with Gasteiger partial charge < -0.3 is 9.64 Å². The second kappa shape index (κ2) is 6.63. The maximum Gasteiger partial charge on any atom is 0.141 e. The van der Waals surface area contributed by atoms with Gasteiger partial charge >= 0.3 is 0 Å². The van der Waals surface area contributed by atoms with Crippen LogP contribution in [-0.2, 0) is 11.2 Å². The smallest absolute Gasteiger partial charge is 0.141 e. The summed E-state index contributed by atoms with van der Waals surface area (Å²) in [6.45, 7) is 4.83. The van der Waals surface area contributed by atoms with E-state index < -0.39 is 0 Å². The molecule has 5 heteroatoms. The van der Waals surface area contributed by atoms with Crippen LogP contribution < -0.4 is 4.90 Å². The van der Waals surface area contributed by atoms with Crippen molar-refractivity contribution in [3.05, 3.63) is 53.2 Å². The van der Waals surface area contributed by atoms with Crippen LogP contribution in [0.15, 0.2) is 41.8 Å². The molecular weight excluding hydrogens is 342 g/mol. The third-order valence-electron chi connectivity index (χ3n) is 5.84. The van der Waals surface area contributed by atoms with Crippen LogP contribution >= 0.6 is 11.3 Å². The molecule has 4 heterocycles. The van der Waals surface area contributed by atoms with Gasteiger partial charge in [0, 0.05) is 37.5 Å². The minimum atomic E-state index is 0.496. The fourth-order valence-electron chi connectivity index (χ4n) is 4.56. The summed E-state index contributed by atoms with van der Waals surface area (Å²) in [5, 5.41) is 3.33. The first-order chi connectivity index (χ1) is 12.8. The van der Waals surface area contributed by atoms with Gasteiger partial charge in [0.25, 0.3) is 0 Å². The lowest BCUT2D eigenvalue weighted by Gasteiger charge is -2.33. The van der Waals surface area contributed by atoms with E-state index in [-0.39, 0.29) is 0 Å². The van der Waals surface area contributed by atoms with E-state index in [0.29, 0.717) is 17.9 Å². The van der Waals surface area contributed by atoms with E-state index >= 15 is 0 Å². The fourth-order valence-corrected chi connectivity index (χ4v) is 5.34. The van der Waals surface area contributed by atoms with Crippen molar-refractivity contribution in [3.8, 4) is 0 Å². The lowest BCUT2D eigenvalue weighted by atomic mass is 9.84. The number of hydrogen-bond acceptors (Lipinski definition) is 5. The first-order valence-corrected chi connectivity index (χ1v) is 10.4. The van der Waals surface area contributed by atoms with Crippen molar-refractivity contribution in [3.63, 3.8) is 0 Å². The normalized spacial score (nSPS) is 25.6. The molecule has 0 N–H and O–H groups in total. The van der Waals surface area contributed by atoms with Gasteiger partial charge in [0.2, 0.25) is 0 Å². The van der Waals surface area contributed by atoms with Gasteiger partial charge in [0.1, 0.15) is 16.5 Å². The van der Waals surface area contributed by atoms with Crippen LogP contribution in [0.3, 0.4) is 0 Å². The van der Waals surface area contributed by atoms with E-state index in [0.717, 1.165) is 49.1 Å². The summed E-state index contributed by atoms with van der Waals surface area (Å²) < 4.78 is 5.88. The molecule has 1 aromatic carbocycles. The summed E-state index contributed by atoms with van der Waals surface area (Å²) in [4.78, 5) is 13.4. The van der Waals surface area contributed by atoms with Crippen molar-refractivity contribution >= 4 is 27.4 Å². The molecule has 2 aliphatic heterocycles. The van der Waals surface area contributed by atoms with E-state index in [1.54, 1.807) is 11.3 Å². The number of fused-ring (bicyclic) bond motifs is 2. The molecule has 3 atom stereocenters. The zero-order valence-electron chi connectivity index (χ0n) is 15.0. The highest BCUT2D eigenvalue weighted by Crippen LogP contribution is 2.44. The molecule has 5 rings (SSSR count). The maximum absolute atomic E-state index is 5.88. The number of thiophene rings is 1. The van der Waals surface area contributed by atoms with Crippen molar-refractivity contribution < 1.29 is 4.74 Å². The third kappa shape index (κ3) is 2.61. The zero-order valence-corrected chi connectivity index (χ0v) is 15.8. The molecule has 2 saturated heterocycles. The largest absolute Gasteiger partial charge is 0.381 e. The Labute approximate surface area is 157 Å². The Bertz CT molecular complexity index is 910. The molecule has 0 saturated carbocycles. The maximum atomic E-state index is 5.88. The molecule has 26 heavy (non-hydrogen) atoms. The Morgan fingerprint density at radius 1 is 1.19 bits per heavy atom. The number of anilines is 1. The van der Waals surface area contributed by atoms with Crippen LogP contribution in [0.1, 0.15) is 30.7 Å². The van der Waals surface area contributed by atoms with Gasteiger partial charge in [-0.3, -0.25) is 0 Å². The van der Waals surface area contributed by atoms with Gasteiger partial charge in [-0.2, -0.15) is 0 Å². The van der Waals surface area contributed by atoms with Crippen molar-refractivity contribution in [2.75, 3.05) is 24.7 Å². The van der Waals surface area contributed by atoms with Crippen molar-refractivity contribution in [1.82, 2.24) is 9.97 Å². The lowest BCUT2D eigenvalue weighted by Crippen LogP contribution is -2.39. The average Bonchev–Trinajstić information content (AvgIpc) is 3.32. The summed E-state index contributed by atoms with van der Waals surface area (Å²) in [6.07, 6.45) is 1.94. The van der Waals surface area contributed by atoms with Crippen LogP contribution in [0.5, 0.6) is 0 Å². The Morgan fingerprint density at radius 2 is 2.08 bits per heavy atom. The molecule has 134 valence electrons. The molecular formula is C21H23N3OS. The standard InChI is InChI=1S/C21H23N3OS/c1-2-19-22-20(15-9-11-26-21(15)23-19)24-12-16(14-6-4-3-5-7-14)17-13-25-10-8-18(17)24/h3-7,9,11,16-18H,2,8,10,12-13H2,1H3/t16-,17-,18+/m1/s1. The quantitative estimate of drug-likeness (QED) is 0.695. The molecule has 0 radical (unpaired) electrons. The first-order valence-electron chi connectivity index (χ1n) is 9.48. The van der Waals surface area contributed by atoms with Crippen LogP contribution in [0.25, 0.3) is 10.2 Å². The molecule has 2 fully saturated rings. The monoisotopic (exact) mass is 365 g/mol. The molecule has 2 aliphatic rings. The molecule has 0 aliphatic carbocycles. The molecule has 0 unspecified atom stereocenters. The highest BCUT2D eigenvalue weighted by atomic mass is 32.1. The minimum absolute atomic E-state index is 0.496. The fraction of sp³-hybridized carbons (Fsp3) is 0.429. The van der Waals surface area contributed by atoms with Gasteiger partial charge in [-0.1, -0.05) is 37.3 Å². The van der Waals surface area contributed by atoms with Gasteiger partial charge in [0.05, 0.1) is 12.0 Å². The molecule has 0 amide bonds.